The van der Waals surface area contributed by atoms with Gasteiger partial charge in [0.15, 0.2) is 0 Å². The summed E-state index contributed by atoms with van der Waals surface area (Å²) in [6, 6.07) is 4.50. The highest BCUT2D eigenvalue weighted by Gasteiger charge is 2.20. The summed E-state index contributed by atoms with van der Waals surface area (Å²) in [5.41, 5.74) is 4.43. The Morgan fingerprint density at radius 2 is 1.90 bits per heavy atom. The Morgan fingerprint density at radius 3 is 2.60 bits per heavy atom. The van der Waals surface area contributed by atoms with E-state index in [1.807, 2.05) is 0 Å². The van der Waals surface area contributed by atoms with Crippen molar-refractivity contribution in [3.8, 4) is 0 Å². The molecule has 0 saturated carbocycles. The van der Waals surface area contributed by atoms with Gasteiger partial charge in [0.05, 0.1) is 5.52 Å². The number of aromatic nitrogens is 1. The van der Waals surface area contributed by atoms with Crippen molar-refractivity contribution < 1.29 is 0 Å². The predicted octanol–water partition coefficient (Wildman–Crippen LogP) is 4.65. The molecule has 0 bridgehead atoms. The molecule has 1 aromatic carbocycles. The normalized spacial score (nSPS) is 13.9. The molecular weight excluding hydrogens is 312 g/mol. The molecule has 0 aliphatic heterocycles. The van der Waals surface area contributed by atoms with E-state index in [4.69, 9.17) is 0 Å². The molecule has 0 atom stereocenters. The van der Waals surface area contributed by atoms with Crippen molar-refractivity contribution in [2.24, 2.45) is 0 Å². The summed E-state index contributed by atoms with van der Waals surface area (Å²) < 4.78 is 3.69. The number of aryl methyl sites for hydroxylation is 2. The van der Waals surface area contributed by atoms with Crippen molar-refractivity contribution >= 4 is 26.8 Å². The molecule has 1 aromatic heterocycles. The number of rotatable bonds is 5. The van der Waals surface area contributed by atoms with Crippen molar-refractivity contribution in [2.45, 2.75) is 46.0 Å². The average molecular weight is 335 g/mol. The molecule has 3 rings (SSSR count). The summed E-state index contributed by atoms with van der Waals surface area (Å²) in [6.07, 6.45) is 8.47. The van der Waals surface area contributed by atoms with E-state index >= 15 is 0 Å². The highest BCUT2D eigenvalue weighted by molar-refractivity contribution is 9.10. The van der Waals surface area contributed by atoms with Crippen LogP contribution in [0.4, 0.5) is 0 Å². The number of nitrogens with zero attached hydrogens (tertiary/aromatic N) is 2. The standard InChI is InChI=1S/C17H23BrN2/c1-3-10-19(11-4-2)20-12-13-6-5-7-14-15(18)8-9-16(20)17(13)14/h8-9,12H,3-7,10-11H2,1-2H3. The van der Waals surface area contributed by atoms with Gasteiger partial charge in [0.25, 0.3) is 0 Å². The first-order valence-corrected chi connectivity index (χ1v) is 8.62. The Bertz CT molecular complexity index is 609. The monoisotopic (exact) mass is 334 g/mol. The molecule has 2 aromatic rings. The van der Waals surface area contributed by atoms with E-state index in [2.05, 4.69) is 57.8 Å². The Balaban J connectivity index is 2.15. The Kier molecular flexibility index (Phi) is 4.06. The first-order chi connectivity index (χ1) is 9.76. The highest BCUT2D eigenvalue weighted by atomic mass is 79.9. The zero-order valence-corrected chi connectivity index (χ0v) is 14.0. The molecule has 0 N–H and O–H groups in total. The lowest BCUT2D eigenvalue weighted by Crippen LogP contribution is -2.35. The van der Waals surface area contributed by atoms with E-state index in [1.54, 1.807) is 0 Å². The summed E-state index contributed by atoms with van der Waals surface area (Å²) in [6.45, 7) is 6.77. The van der Waals surface area contributed by atoms with Crippen LogP contribution in [0.3, 0.4) is 0 Å². The smallest absolute Gasteiger partial charge is 0.0701 e. The van der Waals surface area contributed by atoms with Crippen LogP contribution >= 0.6 is 15.9 Å². The minimum absolute atomic E-state index is 1.13. The van der Waals surface area contributed by atoms with E-state index in [0.717, 1.165) is 13.1 Å². The Labute approximate surface area is 129 Å². The summed E-state index contributed by atoms with van der Waals surface area (Å²) in [4.78, 5) is 0. The first kappa shape index (κ1) is 14.0. The second-order valence-electron chi connectivity index (χ2n) is 5.73. The molecule has 0 saturated heterocycles. The van der Waals surface area contributed by atoms with Crippen molar-refractivity contribution in [3.05, 3.63) is 33.9 Å². The quantitative estimate of drug-likeness (QED) is 0.772. The van der Waals surface area contributed by atoms with E-state index in [0.29, 0.717) is 0 Å². The summed E-state index contributed by atoms with van der Waals surface area (Å²) in [5, 5.41) is 4.00. The van der Waals surface area contributed by atoms with Crippen molar-refractivity contribution in [2.75, 3.05) is 18.1 Å². The van der Waals surface area contributed by atoms with Gasteiger partial charge in [-0.2, -0.15) is 0 Å². The lowest BCUT2D eigenvalue weighted by molar-refractivity contribution is 0.583. The molecule has 1 aliphatic rings. The van der Waals surface area contributed by atoms with E-state index < -0.39 is 0 Å². The van der Waals surface area contributed by atoms with Gasteiger partial charge < -0.3 is 5.01 Å². The molecule has 1 heterocycles. The SMILES string of the molecule is CCCN(CCC)n1cc2c3c(c(Br)ccc31)CCC2. The summed E-state index contributed by atoms with van der Waals surface area (Å²) in [7, 11) is 0. The van der Waals surface area contributed by atoms with Crippen LogP contribution < -0.4 is 5.01 Å². The predicted molar refractivity (Wildman–Crippen MR) is 90.2 cm³/mol. The van der Waals surface area contributed by atoms with Crippen LogP contribution in [0.2, 0.25) is 0 Å². The minimum atomic E-state index is 1.13. The van der Waals surface area contributed by atoms with E-state index in [-0.39, 0.29) is 0 Å². The molecule has 0 radical (unpaired) electrons. The Hall–Kier alpha value is -0.960. The highest BCUT2D eigenvalue weighted by Crippen LogP contribution is 2.35. The van der Waals surface area contributed by atoms with E-state index in [9.17, 15) is 0 Å². The van der Waals surface area contributed by atoms with Gasteiger partial charge in [0.2, 0.25) is 0 Å². The molecule has 2 nitrogen and oxygen atoms in total. The number of halogens is 1. The third kappa shape index (κ3) is 2.26. The van der Waals surface area contributed by atoms with Gasteiger partial charge in [0, 0.05) is 29.1 Å². The van der Waals surface area contributed by atoms with Gasteiger partial charge in [0.1, 0.15) is 0 Å². The van der Waals surface area contributed by atoms with Gasteiger partial charge in [-0.15, -0.1) is 0 Å². The van der Waals surface area contributed by atoms with Crippen LogP contribution in [-0.2, 0) is 12.8 Å². The number of benzene rings is 1. The fourth-order valence-electron chi connectivity index (χ4n) is 3.41. The van der Waals surface area contributed by atoms with Crippen LogP contribution in [-0.4, -0.2) is 17.8 Å². The van der Waals surface area contributed by atoms with Crippen LogP contribution in [0, 0.1) is 0 Å². The molecule has 0 fully saturated rings. The second-order valence-corrected chi connectivity index (χ2v) is 6.58. The number of hydrogen-bond donors (Lipinski definition) is 0. The third-order valence-electron chi connectivity index (χ3n) is 4.22. The van der Waals surface area contributed by atoms with Gasteiger partial charge in [-0.1, -0.05) is 29.8 Å². The van der Waals surface area contributed by atoms with Gasteiger partial charge in [-0.05, 0) is 55.4 Å². The van der Waals surface area contributed by atoms with Crippen LogP contribution in [0.1, 0.15) is 44.2 Å². The molecular formula is C17H23BrN2. The summed E-state index contributed by atoms with van der Waals surface area (Å²) in [5.74, 6) is 0. The first-order valence-electron chi connectivity index (χ1n) is 7.82. The molecule has 0 spiro atoms. The fraction of sp³-hybridized carbons (Fsp3) is 0.529. The topological polar surface area (TPSA) is 8.17 Å². The molecule has 0 amide bonds. The molecule has 1 aliphatic carbocycles. The molecule has 3 heteroatoms. The largest absolute Gasteiger partial charge is 0.313 e. The fourth-order valence-corrected chi connectivity index (χ4v) is 3.94. The maximum atomic E-state index is 3.73. The molecule has 20 heavy (non-hydrogen) atoms. The molecule has 108 valence electrons. The zero-order chi connectivity index (χ0) is 14.1. The van der Waals surface area contributed by atoms with Crippen molar-refractivity contribution in [3.63, 3.8) is 0 Å². The number of hydrogen-bond acceptors (Lipinski definition) is 1. The maximum absolute atomic E-state index is 3.73. The minimum Gasteiger partial charge on any atom is -0.313 e. The van der Waals surface area contributed by atoms with Gasteiger partial charge in [-0.25, -0.2) is 0 Å². The van der Waals surface area contributed by atoms with E-state index in [1.165, 1.54) is 58.6 Å². The van der Waals surface area contributed by atoms with Crippen LogP contribution in [0.25, 0.3) is 10.9 Å². The van der Waals surface area contributed by atoms with Crippen molar-refractivity contribution in [1.29, 1.82) is 0 Å². The lowest BCUT2D eigenvalue weighted by Gasteiger charge is -2.26. The van der Waals surface area contributed by atoms with Crippen LogP contribution in [0.15, 0.2) is 22.8 Å². The van der Waals surface area contributed by atoms with Gasteiger partial charge in [-0.3, -0.25) is 4.68 Å². The summed E-state index contributed by atoms with van der Waals surface area (Å²) >= 11 is 3.73. The average Bonchev–Trinajstić information content (AvgIpc) is 2.83. The van der Waals surface area contributed by atoms with Crippen molar-refractivity contribution in [1.82, 2.24) is 4.68 Å². The molecule has 0 unspecified atom stereocenters. The zero-order valence-electron chi connectivity index (χ0n) is 12.5. The Morgan fingerprint density at radius 1 is 1.15 bits per heavy atom. The third-order valence-corrected chi connectivity index (χ3v) is 4.96. The lowest BCUT2D eigenvalue weighted by atomic mass is 9.93. The maximum Gasteiger partial charge on any atom is 0.0701 e. The van der Waals surface area contributed by atoms with Gasteiger partial charge >= 0.3 is 0 Å². The van der Waals surface area contributed by atoms with Crippen LogP contribution in [0.5, 0.6) is 0 Å². The second kappa shape index (κ2) is 5.80.